The van der Waals surface area contributed by atoms with E-state index in [9.17, 15) is 22.8 Å². The van der Waals surface area contributed by atoms with E-state index in [2.05, 4.69) is 25.0 Å². The van der Waals surface area contributed by atoms with Gasteiger partial charge in [0.25, 0.3) is 0 Å². The van der Waals surface area contributed by atoms with Gasteiger partial charge in [0.15, 0.2) is 0 Å². The number of hydrogen-bond donors (Lipinski definition) is 2. The van der Waals surface area contributed by atoms with Gasteiger partial charge < -0.3 is 20.5 Å². The van der Waals surface area contributed by atoms with Crippen molar-refractivity contribution in [3.63, 3.8) is 0 Å². The van der Waals surface area contributed by atoms with Crippen LogP contribution in [0, 0.1) is 0 Å². The van der Waals surface area contributed by atoms with Crippen LogP contribution in [0.1, 0.15) is 18.9 Å². The van der Waals surface area contributed by atoms with Gasteiger partial charge in [0, 0.05) is 54.8 Å². The van der Waals surface area contributed by atoms with Crippen LogP contribution in [0.5, 0.6) is 0 Å². The van der Waals surface area contributed by atoms with Crippen molar-refractivity contribution in [2.45, 2.75) is 31.3 Å². The number of nitrogens with two attached hydrogens (primary N) is 1. The lowest BCUT2D eigenvalue weighted by Gasteiger charge is -2.41. The smallest absolute Gasteiger partial charge is 0.407 e. The lowest BCUT2D eigenvalue weighted by molar-refractivity contribution is -0.310. The van der Waals surface area contributed by atoms with Crippen molar-refractivity contribution in [2.24, 2.45) is 5.73 Å². The number of amides is 2. The number of halogens is 3. The first-order chi connectivity index (χ1) is 17.6. The number of ether oxygens (including phenoxy) is 2. The largest absolute Gasteiger partial charge is 0.572 e. The third-order valence-electron chi connectivity index (χ3n) is 6.28. The van der Waals surface area contributed by atoms with E-state index in [1.54, 1.807) is 13.0 Å². The fourth-order valence-electron chi connectivity index (χ4n) is 4.28. The molecule has 4 rings (SSSR count). The maximum atomic E-state index is 13.5. The number of nitrogens with one attached hydrogen (secondary N) is 1. The number of carbonyl (C=O) groups is 2. The number of hydrogen-bond acceptors (Lipinski definition) is 8. The second-order valence-electron chi connectivity index (χ2n) is 8.59. The summed E-state index contributed by atoms with van der Waals surface area (Å²) in [5.41, 5.74) is 4.78. The van der Waals surface area contributed by atoms with Gasteiger partial charge in [0.2, 0.25) is 11.8 Å². The minimum Gasteiger partial charge on any atom is -0.407 e. The highest BCUT2D eigenvalue weighted by Crippen LogP contribution is 2.42. The normalized spacial score (nSPS) is 21.4. The van der Waals surface area contributed by atoms with Crippen LogP contribution in [0.2, 0.25) is 0 Å². The lowest BCUT2D eigenvalue weighted by atomic mass is 9.78. The number of pyridine rings is 1. The van der Waals surface area contributed by atoms with E-state index in [1.807, 2.05) is 4.90 Å². The molecule has 2 aromatic heterocycles. The van der Waals surface area contributed by atoms with Gasteiger partial charge >= 0.3 is 6.36 Å². The van der Waals surface area contributed by atoms with Crippen molar-refractivity contribution in [3.05, 3.63) is 66.1 Å². The van der Waals surface area contributed by atoms with Crippen molar-refractivity contribution >= 4 is 11.8 Å². The van der Waals surface area contributed by atoms with E-state index in [0.717, 1.165) is 12.2 Å². The Kier molecular flexibility index (Phi) is 7.55. The summed E-state index contributed by atoms with van der Waals surface area (Å²) >= 11 is 0. The first-order valence-electron chi connectivity index (χ1n) is 11.4. The van der Waals surface area contributed by atoms with Gasteiger partial charge in [-0.1, -0.05) is 12.1 Å². The van der Waals surface area contributed by atoms with Crippen LogP contribution in [0.15, 0.2) is 60.5 Å². The zero-order chi connectivity index (χ0) is 26.6. The number of allylic oxidation sites excluding steroid dienone is 2. The molecule has 3 heterocycles. The summed E-state index contributed by atoms with van der Waals surface area (Å²) in [5.74, 6) is -2.02. The monoisotopic (exact) mass is 518 g/mol. The van der Waals surface area contributed by atoms with Crippen molar-refractivity contribution < 1.29 is 32.2 Å². The highest BCUT2D eigenvalue weighted by molar-refractivity contribution is 5.93. The van der Waals surface area contributed by atoms with E-state index in [-0.39, 0.29) is 17.6 Å². The summed E-state index contributed by atoms with van der Waals surface area (Å²) in [5, 5.41) is 2.73. The van der Waals surface area contributed by atoms with Crippen LogP contribution >= 0.6 is 0 Å². The number of primary amides is 1. The molecular formula is C24H25F3N6O4. The zero-order valence-electron chi connectivity index (χ0n) is 19.9. The molecule has 13 heteroatoms. The molecule has 0 bridgehead atoms. The van der Waals surface area contributed by atoms with Gasteiger partial charge in [-0.25, -0.2) is 9.97 Å². The molecule has 1 saturated heterocycles. The van der Waals surface area contributed by atoms with E-state index in [0.29, 0.717) is 37.6 Å². The predicted molar refractivity (Wildman–Crippen MR) is 124 cm³/mol. The van der Waals surface area contributed by atoms with E-state index >= 15 is 0 Å². The third kappa shape index (κ3) is 5.94. The standard InChI is InChI=1S/C24H25F3N6O4/c1-15(33-6-8-36-9-7-33)22(35)32-23(10-16(21(28)34)2-5-20(23)37-24(25,26)27)18-3-4-19(31-13-18)17-11-29-14-30-12-17/h2-5,11-15H,6-10H2,1H3,(H2,28,34)(H,32,35). The Morgan fingerprint density at radius 1 is 1.16 bits per heavy atom. The first-order valence-corrected chi connectivity index (χ1v) is 11.4. The Hall–Kier alpha value is -3.84. The third-order valence-corrected chi connectivity index (χ3v) is 6.28. The molecule has 37 heavy (non-hydrogen) atoms. The molecule has 2 atom stereocenters. The molecule has 10 nitrogen and oxygen atoms in total. The van der Waals surface area contributed by atoms with Gasteiger partial charge in [0.1, 0.15) is 17.6 Å². The average molecular weight is 518 g/mol. The molecule has 1 aliphatic carbocycles. The molecule has 0 spiro atoms. The Labute approximate surface area is 210 Å². The highest BCUT2D eigenvalue weighted by atomic mass is 19.4. The van der Waals surface area contributed by atoms with Crippen molar-refractivity contribution in [3.8, 4) is 11.3 Å². The minimum absolute atomic E-state index is 0.00869. The number of morpholine rings is 1. The number of nitrogens with zero attached hydrogens (tertiary/aromatic N) is 4. The Morgan fingerprint density at radius 3 is 2.46 bits per heavy atom. The summed E-state index contributed by atoms with van der Waals surface area (Å²) in [4.78, 5) is 39.6. The van der Waals surface area contributed by atoms with Crippen molar-refractivity contribution in [1.29, 1.82) is 0 Å². The summed E-state index contributed by atoms with van der Waals surface area (Å²) < 4.78 is 50.2. The van der Waals surface area contributed by atoms with Crippen molar-refractivity contribution in [1.82, 2.24) is 25.2 Å². The van der Waals surface area contributed by atoms with Crippen molar-refractivity contribution in [2.75, 3.05) is 26.3 Å². The van der Waals surface area contributed by atoms with Gasteiger partial charge in [-0.3, -0.25) is 19.5 Å². The highest BCUT2D eigenvalue weighted by Gasteiger charge is 2.48. The topological polar surface area (TPSA) is 133 Å². The predicted octanol–water partition coefficient (Wildman–Crippen LogP) is 1.81. The maximum Gasteiger partial charge on any atom is 0.572 e. The molecule has 1 fully saturated rings. The van der Waals surface area contributed by atoms with E-state index in [1.165, 1.54) is 31.0 Å². The molecule has 3 N–H and O–H groups in total. The Morgan fingerprint density at radius 2 is 1.86 bits per heavy atom. The van der Waals surface area contributed by atoms with Crippen LogP contribution in [-0.2, 0) is 24.6 Å². The van der Waals surface area contributed by atoms with Gasteiger partial charge in [0.05, 0.1) is 24.9 Å². The number of carbonyl (C=O) groups excluding carboxylic acids is 2. The van der Waals surface area contributed by atoms with Crippen LogP contribution in [-0.4, -0.2) is 70.4 Å². The fraction of sp³-hybridized carbons (Fsp3) is 0.375. The van der Waals surface area contributed by atoms with E-state index < -0.39 is 35.5 Å². The molecule has 1 aliphatic heterocycles. The fourth-order valence-corrected chi connectivity index (χ4v) is 4.28. The number of rotatable bonds is 7. The van der Waals surface area contributed by atoms with Gasteiger partial charge in [-0.2, -0.15) is 0 Å². The SMILES string of the molecule is CC(C(=O)NC1(c2ccc(-c3cncnc3)nc2)CC(C(N)=O)=CC=C1OC(F)(F)F)N1CCOCC1. The van der Waals surface area contributed by atoms with Crippen LogP contribution in [0.3, 0.4) is 0 Å². The maximum absolute atomic E-state index is 13.5. The molecule has 2 unspecified atom stereocenters. The Bertz CT molecular complexity index is 1200. The minimum atomic E-state index is -5.07. The molecule has 2 amide bonds. The number of alkyl halides is 3. The van der Waals surface area contributed by atoms with Gasteiger partial charge in [-0.05, 0) is 19.1 Å². The molecule has 2 aromatic rings. The lowest BCUT2D eigenvalue weighted by Crippen LogP contribution is -2.57. The van der Waals surface area contributed by atoms with Crippen LogP contribution in [0.4, 0.5) is 13.2 Å². The second-order valence-corrected chi connectivity index (χ2v) is 8.59. The quantitative estimate of drug-likeness (QED) is 0.567. The molecule has 196 valence electrons. The van der Waals surface area contributed by atoms with Crippen LogP contribution < -0.4 is 11.1 Å². The molecule has 2 aliphatic rings. The average Bonchev–Trinajstić information content (AvgIpc) is 2.89. The summed E-state index contributed by atoms with van der Waals surface area (Å²) in [6, 6.07) is 2.36. The van der Waals surface area contributed by atoms with Gasteiger partial charge in [-0.15, -0.1) is 13.2 Å². The molecule has 0 saturated carbocycles. The Balaban J connectivity index is 1.77. The molecule has 0 aromatic carbocycles. The summed E-state index contributed by atoms with van der Waals surface area (Å²) in [6.07, 6.45) is 2.44. The van der Waals surface area contributed by atoms with E-state index in [4.69, 9.17) is 10.5 Å². The summed E-state index contributed by atoms with van der Waals surface area (Å²) in [6.45, 7) is 3.45. The number of aromatic nitrogens is 3. The second kappa shape index (κ2) is 10.6. The first kappa shape index (κ1) is 26.2. The van der Waals surface area contributed by atoms with Crippen LogP contribution in [0.25, 0.3) is 11.3 Å². The molecule has 0 radical (unpaired) electrons. The summed E-state index contributed by atoms with van der Waals surface area (Å²) in [7, 11) is 0. The molecular weight excluding hydrogens is 493 g/mol. The zero-order valence-corrected chi connectivity index (χ0v) is 19.9.